The Hall–Kier alpha value is -1.02. The average molecular weight is 206 g/mol. The van der Waals surface area contributed by atoms with Crippen molar-refractivity contribution in [1.29, 1.82) is 0 Å². The van der Waals surface area contributed by atoms with Crippen molar-refractivity contribution in [2.75, 3.05) is 18.0 Å². The van der Waals surface area contributed by atoms with E-state index in [4.69, 9.17) is 5.73 Å². The van der Waals surface area contributed by atoms with E-state index in [0.717, 1.165) is 13.1 Å². The molecule has 0 heterocycles. The molecule has 0 unspecified atom stereocenters. The molecule has 2 N–H and O–H groups in total. The van der Waals surface area contributed by atoms with Gasteiger partial charge >= 0.3 is 0 Å². The standard InChI is InChI=1S/C13H22N2/c1-5-15(6-2)12-9-7-11(8-10-12)13(3,4)14/h7-10H,5-6,14H2,1-4H3. The normalized spacial score (nSPS) is 11.5. The Bertz CT molecular complexity index is 291. The SMILES string of the molecule is CCN(CC)c1ccc(C(C)(C)N)cc1. The minimum Gasteiger partial charge on any atom is -0.372 e. The van der Waals surface area contributed by atoms with Crippen LogP contribution in [0.2, 0.25) is 0 Å². The zero-order chi connectivity index (χ0) is 11.5. The van der Waals surface area contributed by atoms with Crippen LogP contribution in [0.15, 0.2) is 24.3 Å². The molecule has 84 valence electrons. The fraction of sp³-hybridized carbons (Fsp3) is 0.538. The quantitative estimate of drug-likeness (QED) is 0.820. The Morgan fingerprint density at radius 2 is 1.53 bits per heavy atom. The van der Waals surface area contributed by atoms with Gasteiger partial charge in [-0.3, -0.25) is 0 Å². The van der Waals surface area contributed by atoms with E-state index in [-0.39, 0.29) is 5.54 Å². The van der Waals surface area contributed by atoms with Crippen molar-refractivity contribution >= 4 is 5.69 Å². The summed E-state index contributed by atoms with van der Waals surface area (Å²) < 4.78 is 0. The third-order valence-corrected chi connectivity index (χ3v) is 2.74. The van der Waals surface area contributed by atoms with Gasteiger partial charge in [0.15, 0.2) is 0 Å². The predicted octanol–water partition coefficient (Wildman–Crippen LogP) is 2.73. The zero-order valence-corrected chi connectivity index (χ0v) is 10.2. The van der Waals surface area contributed by atoms with Crippen LogP contribution in [0.3, 0.4) is 0 Å². The molecule has 0 saturated heterocycles. The second-order valence-electron chi connectivity index (χ2n) is 4.44. The van der Waals surface area contributed by atoms with E-state index in [9.17, 15) is 0 Å². The smallest absolute Gasteiger partial charge is 0.0366 e. The van der Waals surface area contributed by atoms with E-state index < -0.39 is 0 Å². The van der Waals surface area contributed by atoms with Crippen LogP contribution in [0.4, 0.5) is 5.69 Å². The molecule has 0 saturated carbocycles. The molecule has 0 spiro atoms. The van der Waals surface area contributed by atoms with Gasteiger partial charge in [0.1, 0.15) is 0 Å². The van der Waals surface area contributed by atoms with Crippen molar-refractivity contribution < 1.29 is 0 Å². The lowest BCUT2D eigenvalue weighted by atomic mass is 9.95. The molecule has 15 heavy (non-hydrogen) atoms. The lowest BCUT2D eigenvalue weighted by Gasteiger charge is -2.23. The Morgan fingerprint density at radius 1 is 1.07 bits per heavy atom. The summed E-state index contributed by atoms with van der Waals surface area (Å²) in [6, 6.07) is 8.54. The molecule has 0 aromatic heterocycles. The number of nitrogens with two attached hydrogens (primary N) is 1. The molecule has 0 radical (unpaired) electrons. The van der Waals surface area contributed by atoms with Crippen molar-refractivity contribution in [3.63, 3.8) is 0 Å². The fourth-order valence-corrected chi connectivity index (χ4v) is 1.69. The number of rotatable bonds is 4. The van der Waals surface area contributed by atoms with Crippen LogP contribution in [0.1, 0.15) is 33.3 Å². The van der Waals surface area contributed by atoms with Crippen LogP contribution in [0.25, 0.3) is 0 Å². The Labute approximate surface area is 93.1 Å². The number of benzene rings is 1. The van der Waals surface area contributed by atoms with Crippen molar-refractivity contribution in [1.82, 2.24) is 0 Å². The minimum atomic E-state index is -0.248. The predicted molar refractivity (Wildman–Crippen MR) is 67.2 cm³/mol. The maximum Gasteiger partial charge on any atom is 0.0366 e. The Kier molecular flexibility index (Phi) is 3.75. The highest BCUT2D eigenvalue weighted by Gasteiger charge is 2.13. The van der Waals surface area contributed by atoms with E-state index in [1.54, 1.807) is 0 Å². The lowest BCUT2D eigenvalue weighted by molar-refractivity contribution is 0.554. The van der Waals surface area contributed by atoms with Gasteiger partial charge in [0.05, 0.1) is 0 Å². The molecule has 1 aromatic carbocycles. The van der Waals surface area contributed by atoms with Gasteiger partial charge in [-0.25, -0.2) is 0 Å². The first-order chi connectivity index (χ1) is 6.99. The highest BCUT2D eigenvalue weighted by Crippen LogP contribution is 2.21. The van der Waals surface area contributed by atoms with Crippen LogP contribution in [0, 0.1) is 0 Å². The number of anilines is 1. The summed E-state index contributed by atoms with van der Waals surface area (Å²) in [5.41, 5.74) is 8.24. The van der Waals surface area contributed by atoms with E-state index in [0.29, 0.717) is 0 Å². The van der Waals surface area contributed by atoms with Gasteiger partial charge in [-0.1, -0.05) is 12.1 Å². The third-order valence-electron chi connectivity index (χ3n) is 2.74. The largest absolute Gasteiger partial charge is 0.372 e. The lowest BCUT2D eigenvalue weighted by Crippen LogP contribution is -2.28. The average Bonchev–Trinajstić information content (AvgIpc) is 2.19. The van der Waals surface area contributed by atoms with Gasteiger partial charge in [0.25, 0.3) is 0 Å². The Balaban J connectivity index is 2.89. The molecule has 0 bridgehead atoms. The topological polar surface area (TPSA) is 29.3 Å². The molecule has 2 nitrogen and oxygen atoms in total. The summed E-state index contributed by atoms with van der Waals surface area (Å²) in [5.74, 6) is 0. The van der Waals surface area contributed by atoms with Gasteiger partial charge in [-0.05, 0) is 45.4 Å². The molecule has 1 aromatic rings. The molecule has 2 heteroatoms. The summed E-state index contributed by atoms with van der Waals surface area (Å²) >= 11 is 0. The number of hydrogen-bond acceptors (Lipinski definition) is 2. The van der Waals surface area contributed by atoms with Crippen LogP contribution < -0.4 is 10.6 Å². The summed E-state index contributed by atoms with van der Waals surface area (Å²) in [6.45, 7) is 10.5. The minimum absolute atomic E-state index is 0.248. The van der Waals surface area contributed by atoms with E-state index in [1.807, 2.05) is 13.8 Å². The third kappa shape index (κ3) is 2.96. The molecule has 0 aliphatic rings. The number of hydrogen-bond donors (Lipinski definition) is 1. The number of nitrogens with zero attached hydrogens (tertiary/aromatic N) is 1. The first-order valence-corrected chi connectivity index (χ1v) is 5.63. The summed E-state index contributed by atoms with van der Waals surface area (Å²) in [7, 11) is 0. The molecule has 0 amide bonds. The molecule has 0 atom stereocenters. The maximum absolute atomic E-state index is 6.03. The molecular formula is C13H22N2. The molecule has 0 aliphatic heterocycles. The van der Waals surface area contributed by atoms with E-state index in [2.05, 4.69) is 43.0 Å². The molecule has 0 aliphatic carbocycles. The summed E-state index contributed by atoms with van der Waals surface area (Å²) in [6.07, 6.45) is 0. The second-order valence-corrected chi connectivity index (χ2v) is 4.44. The van der Waals surface area contributed by atoms with Crippen LogP contribution in [-0.2, 0) is 5.54 Å². The zero-order valence-electron chi connectivity index (χ0n) is 10.2. The molecule has 1 rings (SSSR count). The summed E-state index contributed by atoms with van der Waals surface area (Å²) in [4.78, 5) is 2.33. The van der Waals surface area contributed by atoms with Crippen molar-refractivity contribution in [2.24, 2.45) is 5.73 Å². The van der Waals surface area contributed by atoms with Crippen LogP contribution in [0.5, 0.6) is 0 Å². The van der Waals surface area contributed by atoms with Gasteiger partial charge in [-0.2, -0.15) is 0 Å². The van der Waals surface area contributed by atoms with Crippen LogP contribution in [-0.4, -0.2) is 13.1 Å². The molecular weight excluding hydrogens is 184 g/mol. The first kappa shape index (κ1) is 12.1. The maximum atomic E-state index is 6.03. The van der Waals surface area contributed by atoms with Crippen LogP contribution >= 0.6 is 0 Å². The van der Waals surface area contributed by atoms with Gasteiger partial charge in [0, 0.05) is 24.3 Å². The van der Waals surface area contributed by atoms with Crippen molar-refractivity contribution in [3.05, 3.63) is 29.8 Å². The van der Waals surface area contributed by atoms with Crippen molar-refractivity contribution in [3.8, 4) is 0 Å². The molecule has 0 fully saturated rings. The van der Waals surface area contributed by atoms with Gasteiger partial charge in [0.2, 0.25) is 0 Å². The van der Waals surface area contributed by atoms with Gasteiger partial charge < -0.3 is 10.6 Å². The monoisotopic (exact) mass is 206 g/mol. The highest BCUT2D eigenvalue weighted by molar-refractivity contribution is 5.48. The first-order valence-electron chi connectivity index (χ1n) is 5.63. The Morgan fingerprint density at radius 3 is 1.87 bits per heavy atom. The fourth-order valence-electron chi connectivity index (χ4n) is 1.69. The van der Waals surface area contributed by atoms with E-state index >= 15 is 0 Å². The second kappa shape index (κ2) is 4.67. The van der Waals surface area contributed by atoms with E-state index in [1.165, 1.54) is 11.3 Å². The highest BCUT2D eigenvalue weighted by atomic mass is 15.1. The van der Waals surface area contributed by atoms with Crippen molar-refractivity contribution in [2.45, 2.75) is 33.2 Å². The summed E-state index contributed by atoms with van der Waals surface area (Å²) in [5, 5.41) is 0. The van der Waals surface area contributed by atoms with Gasteiger partial charge in [-0.15, -0.1) is 0 Å².